The van der Waals surface area contributed by atoms with Crippen LogP contribution in [0, 0.1) is 0 Å². The van der Waals surface area contributed by atoms with Crippen LogP contribution in [0.4, 0.5) is 0 Å². The molecule has 0 aliphatic rings. The summed E-state index contributed by atoms with van der Waals surface area (Å²) in [5.41, 5.74) is 0. The molecule has 0 aliphatic carbocycles. The average molecular weight is 809 g/mol. The highest BCUT2D eigenvalue weighted by Gasteiger charge is 2.19. The van der Waals surface area contributed by atoms with Gasteiger partial charge < -0.3 is 14.2 Å². The monoisotopic (exact) mass is 809 g/mol. The molecule has 6 heteroatoms. The molecule has 6 nitrogen and oxygen atoms in total. The molecule has 0 bridgehead atoms. The number of carbonyl (C=O) groups excluding carboxylic acids is 3. The number of allylic oxidation sites excluding steroid dienone is 12. The summed E-state index contributed by atoms with van der Waals surface area (Å²) >= 11 is 0. The number of ether oxygens (including phenoxy) is 3. The van der Waals surface area contributed by atoms with E-state index in [1.807, 2.05) is 0 Å². The highest BCUT2D eigenvalue weighted by Crippen LogP contribution is 2.13. The maximum absolute atomic E-state index is 12.7. The van der Waals surface area contributed by atoms with Gasteiger partial charge in [-0.2, -0.15) is 0 Å². The zero-order valence-electron chi connectivity index (χ0n) is 37.8. The maximum atomic E-state index is 12.7. The Morgan fingerprint density at radius 2 is 0.690 bits per heavy atom. The Hall–Kier alpha value is -3.15. The summed E-state index contributed by atoms with van der Waals surface area (Å²) < 4.78 is 16.7. The number of unbranched alkanes of at least 4 members (excludes halogenated alkanes) is 19. The highest BCUT2D eigenvalue weighted by atomic mass is 16.6. The van der Waals surface area contributed by atoms with Gasteiger partial charge in [-0.05, 0) is 103 Å². The molecular formula is C52H88O6. The van der Waals surface area contributed by atoms with Crippen molar-refractivity contribution in [3.63, 3.8) is 0 Å². The van der Waals surface area contributed by atoms with Crippen LogP contribution < -0.4 is 0 Å². The SMILES string of the molecule is CC/C=C\C/C=C\C/C=C\C/C=C\CCCCC(=O)OCC(COC(=O)CCCCCCC/C=C\CCCC)OC(=O)CCCCCCC/C=C\CCCCCCC. The van der Waals surface area contributed by atoms with Gasteiger partial charge in [0.25, 0.3) is 0 Å². The molecule has 0 amide bonds. The fourth-order valence-corrected chi connectivity index (χ4v) is 6.29. The van der Waals surface area contributed by atoms with Crippen molar-refractivity contribution in [2.45, 2.75) is 226 Å². The predicted octanol–water partition coefficient (Wildman–Crippen LogP) is 15.5. The lowest BCUT2D eigenvalue weighted by Crippen LogP contribution is -2.30. The number of esters is 3. The van der Waals surface area contributed by atoms with Crippen LogP contribution in [0.2, 0.25) is 0 Å². The van der Waals surface area contributed by atoms with Crippen molar-refractivity contribution < 1.29 is 28.6 Å². The lowest BCUT2D eigenvalue weighted by atomic mass is 10.1. The van der Waals surface area contributed by atoms with Gasteiger partial charge in [-0.1, -0.05) is 171 Å². The minimum atomic E-state index is -0.798. The van der Waals surface area contributed by atoms with E-state index in [4.69, 9.17) is 14.2 Å². The molecule has 0 saturated carbocycles. The molecule has 332 valence electrons. The van der Waals surface area contributed by atoms with Gasteiger partial charge in [0, 0.05) is 19.3 Å². The first-order chi connectivity index (χ1) is 28.5. The Morgan fingerprint density at radius 3 is 1.16 bits per heavy atom. The van der Waals surface area contributed by atoms with Crippen LogP contribution in [0.5, 0.6) is 0 Å². The summed E-state index contributed by atoms with van der Waals surface area (Å²) in [6.07, 6.45) is 57.4. The van der Waals surface area contributed by atoms with Crippen LogP contribution in [-0.4, -0.2) is 37.2 Å². The molecule has 0 rings (SSSR count). The van der Waals surface area contributed by atoms with Crippen LogP contribution in [0.3, 0.4) is 0 Å². The average Bonchev–Trinajstić information content (AvgIpc) is 3.22. The van der Waals surface area contributed by atoms with E-state index in [1.54, 1.807) is 0 Å². The van der Waals surface area contributed by atoms with Gasteiger partial charge >= 0.3 is 17.9 Å². The van der Waals surface area contributed by atoms with Gasteiger partial charge in [0.2, 0.25) is 0 Å². The summed E-state index contributed by atoms with van der Waals surface area (Å²) in [7, 11) is 0. The normalized spacial score (nSPS) is 12.7. The van der Waals surface area contributed by atoms with Gasteiger partial charge in [-0.3, -0.25) is 14.4 Å². The van der Waals surface area contributed by atoms with Crippen molar-refractivity contribution in [2.75, 3.05) is 13.2 Å². The molecule has 0 aliphatic heterocycles. The van der Waals surface area contributed by atoms with E-state index < -0.39 is 6.10 Å². The predicted molar refractivity (Wildman–Crippen MR) is 247 cm³/mol. The van der Waals surface area contributed by atoms with E-state index in [0.29, 0.717) is 19.3 Å². The first-order valence-corrected chi connectivity index (χ1v) is 23.9. The Balaban J connectivity index is 4.47. The Bertz CT molecular complexity index is 1110. The molecule has 0 spiro atoms. The molecule has 0 saturated heterocycles. The molecular weight excluding hydrogens is 721 g/mol. The summed E-state index contributed by atoms with van der Waals surface area (Å²) in [6.45, 7) is 6.41. The van der Waals surface area contributed by atoms with Crippen LogP contribution >= 0.6 is 0 Å². The molecule has 0 aromatic carbocycles. The largest absolute Gasteiger partial charge is 0.462 e. The van der Waals surface area contributed by atoms with Crippen LogP contribution in [0.25, 0.3) is 0 Å². The van der Waals surface area contributed by atoms with Crippen molar-refractivity contribution in [3.8, 4) is 0 Å². The zero-order chi connectivity index (χ0) is 42.3. The second-order valence-corrected chi connectivity index (χ2v) is 15.6. The second kappa shape index (κ2) is 46.5. The molecule has 58 heavy (non-hydrogen) atoms. The summed E-state index contributed by atoms with van der Waals surface area (Å²) in [5.74, 6) is -0.961. The first-order valence-electron chi connectivity index (χ1n) is 23.9. The van der Waals surface area contributed by atoms with Gasteiger partial charge in [0.15, 0.2) is 6.10 Å². The van der Waals surface area contributed by atoms with E-state index in [0.717, 1.165) is 109 Å². The van der Waals surface area contributed by atoms with Crippen molar-refractivity contribution in [1.29, 1.82) is 0 Å². The maximum Gasteiger partial charge on any atom is 0.306 e. The number of carbonyl (C=O) groups is 3. The molecule has 0 N–H and O–H groups in total. The molecule has 0 heterocycles. The quantitative estimate of drug-likeness (QED) is 0.0264. The summed E-state index contributed by atoms with van der Waals surface area (Å²) in [4.78, 5) is 37.8. The van der Waals surface area contributed by atoms with Gasteiger partial charge in [0.1, 0.15) is 13.2 Å². The summed E-state index contributed by atoms with van der Waals surface area (Å²) in [6, 6.07) is 0. The minimum Gasteiger partial charge on any atom is -0.462 e. The molecule has 0 aromatic rings. The lowest BCUT2D eigenvalue weighted by molar-refractivity contribution is -0.167. The molecule has 0 fully saturated rings. The molecule has 0 aromatic heterocycles. The highest BCUT2D eigenvalue weighted by molar-refractivity contribution is 5.71. The third-order valence-electron chi connectivity index (χ3n) is 9.91. The van der Waals surface area contributed by atoms with E-state index in [2.05, 4.69) is 93.7 Å². The minimum absolute atomic E-state index is 0.0969. The topological polar surface area (TPSA) is 78.9 Å². The van der Waals surface area contributed by atoms with Gasteiger partial charge in [-0.15, -0.1) is 0 Å². The Labute approximate surface area is 357 Å². The Morgan fingerprint density at radius 1 is 0.362 bits per heavy atom. The third-order valence-corrected chi connectivity index (χ3v) is 9.91. The number of hydrogen-bond donors (Lipinski definition) is 0. The van der Waals surface area contributed by atoms with Crippen molar-refractivity contribution >= 4 is 17.9 Å². The van der Waals surface area contributed by atoms with Crippen LogP contribution in [0.1, 0.15) is 220 Å². The smallest absolute Gasteiger partial charge is 0.306 e. The van der Waals surface area contributed by atoms with Crippen molar-refractivity contribution in [1.82, 2.24) is 0 Å². The number of rotatable bonds is 42. The van der Waals surface area contributed by atoms with Crippen LogP contribution in [0.15, 0.2) is 72.9 Å². The number of hydrogen-bond acceptors (Lipinski definition) is 6. The lowest BCUT2D eigenvalue weighted by Gasteiger charge is -2.18. The third kappa shape index (κ3) is 44.0. The first kappa shape index (κ1) is 54.9. The fraction of sp³-hybridized carbons (Fsp3) is 0.712. The van der Waals surface area contributed by atoms with E-state index in [9.17, 15) is 14.4 Å². The standard InChI is InChI=1S/C52H88O6/c1-4-7-10-13-16-19-22-24-26-28-30-33-36-39-42-45-51(54)57-48-49(47-56-50(53)44-41-38-35-32-29-21-18-15-12-9-6-3)58-52(55)46-43-40-37-34-31-27-25-23-20-17-14-11-8-5-2/h7,10,15-16,18-19,23-26,30,33,49H,4-6,8-9,11-14,17,20-22,27-29,31-32,34-48H2,1-3H3/b10-7-,18-15-,19-16-,25-23-,26-24-,33-30-. The van der Waals surface area contributed by atoms with Crippen LogP contribution in [-0.2, 0) is 28.6 Å². The molecule has 1 atom stereocenters. The van der Waals surface area contributed by atoms with Crippen molar-refractivity contribution in [2.24, 2.45) is 0 Å². The summed E-state index contributed by atoms with van der Waals surface area (Å²) in [5, 5.41) is 0. The second-order valence-electron chi connectivity index (χ2n) is 15.6. The van der Waals surface area contributed by atoms with E-state index in [1.165, 1.54) is 70.6 Å². The fourth-order valence-electron chi connectivity index (χ4n) is 6.29. The molecule has 1 unspecified atom stereocenters. The molecule has 0 radical (unpaired) electrons. The van der Waals surface area contributed by atoms with Gasteiger partial charge in [0.05, 0.1) is 0 Å². The Kier molecular flexibility index (Phi) is 44.0. The van der Waals surface area contributed by atoms with E-state index >= 15 is 0 Å². The zero-order valence-corrected chi connectivity index (χ0v) is 37.8. The van der Waals surface area contributed by atoms with Crippen molar-refractivity contribution in [3.05, 3.63) is 72.9 Å². The van der Waals surface area contributed by atoms with E-state index in [-0.39, 0.29) is 31.1 Å². The van der Waals surface area contributed by atoms with Gasteiger partial charge in [-0.25, -0.2) is 0 Å².